The summed E-state index contributed by atoms with van der Waals surface area (Å²) in [7, 11) is 0. The maximum Gasteiger partial charge on any atom is 0.224 e. The van der Waals surface area contributed by atoms with Gasteiger partial charge in [0.05, 0.1) is 0 Å². The van der Waals surface area contributed by atoms with Crippen LogP contribution in [0.15, 0.2) is 30.5 Å². The number of anilines is 1. The van der Waals surface area contributed by atoms with E-state index < -0.39 is 0 Å². The molecule has 0 aliphatic heterocycles. The lowest BCUT2D eigenvalue weighted by molar-refractivity contribution is 0.626. The van der Waals surface area contributed by atoms with Crippen molar-refractivity contribution < 1.29 is 4.39 Å². The van der Waals surface area contributed by atoms with E-state index in [1.54, 1.807) is 18.3 Å². The molecular weight excluding hydrogens is 265 g/mol. The highest BCUT2D eigenvalue weighted by atomic mass is 35.5. The van der Waals surface area contributed by atoms with Crippen LogP contribution >= 0.6 is 11.6 Å². The molecule has 1 N–H and O–H groups in total. The van der Waals surface area contributed by atoms with Crippen LogP contribution in [0.3, 0.4) is 0 Å². The lowest BCUT2D eigenvalue weighted by atomic mass is 10.1. The first-order valence-electron chi connectivity index (χ1n) is 6.04. The van der Waals surface area contributed by atoms with E-state index in [4.69, 9.17) is 11.6 Å². The molecule has 0 aliphatic carbocycles. The molecule has 1 heterocycles. The average Bonchev–Trinajstić information content (AvgIpc) is 2.37. The Hall–Kier alpha value is -1.68. The average molecular weight is 280 g/mol. The minimum Gasteiger partial charge on any atom is -0.367 e. The van der Waals surface area contributed by atoms with Crippen molar-refractivity contribution in [2.24, 2.45) is 0 Å². The fourth-order valence-electron chi connectivity index (χ4n) is 1.83. The van der Waals surface area contributed by atoms with E-state index in [2.05, 4.69) is 15.3 Å². The molecule has 2 aromatic rings. The summed E-state index contributed by atoms with van der Waals surface area (Å²) >= 11 is 5.77. The lowest BCUT2D eigenvalue weighted by Gasteiger charge is -2.16. The first-order chi connectivity index (χ1) is 9.04. The fourth-order valence-corrected chi connectivity index (χ4v) is 1.96. The van der Waals surface area contributed by atoms with Crippen LogP contribution in [0.4, 0.5) is 10.2 Å². The Morgan fingerprint density at radius 2 is 2.00 bits per heavy atom. The zero-order chi connectivity index (χ0) is 13.8. The van der Waals surface area contributed by atoms with Crippen molar-refractivity contribution in [3.8, 4) is 0 Å². The molecule has 0 aliphatic rings. The summed E-state index contributed by atoms with van der Waals surface area (Å²) < 4.78 is 12.8. The van der Waals surface area contributed by atoms with Gasteiger partial charge in [0.25, 0.3) is 0 Å². The predicted molar refractivity (Wildman–Crippen MR) is 75.0 cm³/mol. The Kier molecular flexibility index (Phi) is 4.32. The van der Waals surface area contributed by atoms with E-state index in [-0.39, 0.29) is 17.1 Å². The van der Waals surface area contributed by atoms with Crippen LogP contribution in [0.25, 0.3) is 0 Å². The van der Waals surface area contributed by atoms with Crippen molar-refractivity contribution in [1.82, 2.24) is 9.97 Å². The highest BCUT2D eigenvalue weighted by Gasteiger charge is 2.08. The number of rotatable bonds is 4. The fraction of sp³-hybridized carbons (Fsp3) is 0.286. The third kappa shape index (κ3) is 3.89. The van der Waals surface area contributed by atoms with Gasteiger partial charge in [0.2, 0.25) is 5.28 Å². The Labute approximate surface area is 116 Å². The number of nitrogens with zero attached hydrogens (tertiary/aromatic N) is 2. The maximum atomic E-state index is 12.8. The second kappa shape index (κ2) is 5.97. The smallest absolute Gasteiger partial charge is 0.224 e. The monoisotopic (exact) mass is 279 g/mol. The molecule has 3 nitrogen and oxygen atoms in total. The highest BCUT2D eigenvalue weighted by molar-refractivity contribution is 6.28. The van der Waals surface area contributed by atoms with Crippen LogP contribution in [-0.4, -0.2) is 16.0 Å². The van der Waals surface area contributed by atoms with Gasteiger partial charge in [-0.1, -0.05) is 12.1 Å². The minimum absolute atomic E-state index is 0.162. The molecule has 1 aromatic heterocycles. The summed E-state index contributed by atoms with van der Waals surface area (Å²) in [4.78, 5) is 8.06. The van der Waals surface area contributed by atoms with Gasteiger partial charge in [-0.25, -0.2) is 14.4 Å². The Bertz CT molecular complexity index is 557. The number of aryl methyl sites for hydroxylation is 1. The molecular formula is C14H15ClFN3. The number of aromatic nitrogens is 2. The molecule has 1 aromatic carbocycles. The summed E-state index contributed by atoms with van der Waals surface area (Å²) in [6.45, 7) is 3.96. The molecule has 1 atom stereocenters. The number of hydrogen-bond donors (Lipinski definition) is 1. The summed E-state index contributed by atoms with van der Waals surface area (Å²) in [6, 6.07) is 6.67. The second-order valence-corrected chi connectivity index (χ2v) is 4.88. The van der Waals surface area contributed by atoms with E-state index in [1.165, 1.54) is 12.1 Å². The van der Waals surface area contributed by atoms with Crippen LogP contribution < -0.4 is 5.32 Å². The minimum atomic E-state index is -0.220. The third-order valence-corrected chi connectivity index (χ3v) is 2.96. The van der Waals surface area contributed by atoms with Crippen LogP contribution in [0, 0.1) is 12.7 Å². The Morgan fingerprint density at radius 1 is 1.32 bits per heavy atom. The summed E-state index contributed by atoms with van der Waals surface area (Å²) in [6.07, 6.45) is 2.46. The first-order valence-corrected chi connectivity index (χ1v) is 6.42. The van der Waals surface area contributed by atoms with Crippen molar-refractivity contribution in [1.29, 1.82) is 0 Å². The molecule has 0 fully saturated rings. The summed E-state index contributed by atoms with van der Waals surface area (Å²) in [5.41, 5.74) is 2.01. The van der Waals surface area contributed by atoms with Gasteiger partial charge in [-0.15, -0.1) is 0 Å². The largest absolute Gasteiger partial charge is 0.367 e. The molecule has 2 rings (SSSR count). The number of benzene rings is 1. The van der Waals surface area contributed by atoms with Gasteiger partial charge in [-0.3, -0.25) is 0 Å². The third-order valence-electron chi connectivity index (χ3n) is 2.78. The highest BCUT2D eigenvalue weighted by Crippen LogP contribution is 2.15. The summed E-state index contributed by atoms with van der Waals surface area (Å²) in [5, 5.41) is 3.51. The van der Waals surface area contributed by atoms with Gasteiger partial charge in [0.15, 0.2) is 0 Å². The number of nitrogens with one attached hydrogen (secondary N) is 1. The van der Waals surface area contributed by atoms with E-state index in [0.717, 1.165) is 23.4 Å². The molecule has 0 saturated heterocycles. The van der Waals surface area contributed by atoms with Gasteiger partial charge in [0.1, 0.15) is 11.6 Å². The molecule has 0 amide bonds. The van der Waals surface area contributed by atoms with Gasteiger partial charge >= 0.3 is 0 Å². The van der Waals surface area contributed by atoms with E-state index in [0.29, 0.717) is 0 Å². The van der Waals surface area contributed by atoms with Crippen molar-refractivity contribution in [3.63, 3.8) is 0 Å². The molecule has 1 unspecified atom stereocenters. The van der Waals surface area contributed by atoms with Crippen LogP contribution in [0.2, 0.25) is 5.28 Å². The van der Waals surface area contributed by atoms with E-state index >= 15 is 0 Å². The second-order valence-electron chi connectivity index (χ2n) is 4.55. The van der Waals surface area contributed by atoms with Gasteiger partial charge in [0, 0.05) is 17.8 Å². The van der Waals surface area contributed by atoms with Gasteiger partial charge in [-0.2, -0.15) is 0 Å². The van der Waals surface area contributed by atoms with Gasteiger partial charge < -0.3 is 5.32 Å². The topological polar surface area (TPSA) is 37.8 Å². The molecule has 19 heavy (non-hydrogen) atoms. The molecule has 100 valence electrons. The normalized spacial score (nSPS) is 12.2. The van der Waals surface area contributed by atoms with Crippen LogP contribution in [0.5, 0.6) is 0 Å². The van der Waals surface area contributed by atoms with Gasteiger partial charge in [-0.05, 0) is 49.6 Å². The molecule has 5 heteroatoms. The lowest BCUT2D eigenvalue weighted by Crippen LogP contribution is -2.19. The predicted octanol–water partition coefficient (Wildman–Crippen LogP) is 3.62. The zero-order valence-electron chi connectivity index (χ0n) is 10.8. The van der Waals surface area contributed by atoms with Crippen molar-refractivity contribution in [2.75, 3.05) is 5.32 Å². The van der Waals surface area contributed by atoms with Crippen molar-refractivity contribution in [2.45, 2.75) is 26.3 Å². The van der Waals surface area contributed by atoms with Crippen molar-refractivity contribution in [3.05, 3.63) is 52.7 Å². The maximum absolute atomic E-state index is 12.8. The number of halogens is 2. The Morgan fingerprint density at radius 3 is 2.68 bits per heavy atom. The SMILES string of the molecule is Cc1cnc(Cl)nc1NC(C)Cc1ccc(F)cc1. The zero-order valence-corrected chi connectivity index (χ0v) is 11.6. The van der Waals surface area contributed by atoms with Crippen LogP contribution in [0.1, 0.15) is 18.1 Å². The number of hydrogen-bond acceptors (Lipinski definition) is 3. The molecule has 0 bridgehead atoms. The molecule has 0 radical (unpaired) electrons. The Balaban J connectivity index is 2.02. The molecule has 0 saturated carbocycles. The van der Waals surface area contributed by atoms with E-state index in [9.17, 15) is 4.39 Å². The van der Waals surface area contributed by atoms with Crippen molar-refractivity contribution >= 4 is 17.4 Å². The quantitative estimate of drug-likeness (QED) is 0.869. The standard InChI is InChI=1S/C14H15ClFN3/c1-9-8-17-14(15)19-13(9)18-10(2)7-11-3-5-12(16)6-4-11/h3-6,8,10H,7H2,1-2H3,(H,17,18,19). The first kappa shape index (κ1) is 13.7. The van der Waals surface area contributed by atoms with E-state index in [1.807, 2.05) is 13.8 Å². The summed E-state index contributed by atoms with van der Waals surface area (Å²) in [5.74, 6) is 0.511. The van der Waals surface area contributed by atoms with Crippen LogP contribution in [-0.2, 0) is 6.42 Å². The molecule has 0 spiro atoms.